The van der Waals surface area contributed by atoms with E-state index in [-0.39, 0.29) is 5.91 Å². The Kier molecular flexibility index (Phi) is 4.02. The van der Waals surface area contributed by atoms with Gasteiger partial charge in [-0.3, -0.25) is 4.79 Å². The van der Waals surface area contributed by atoms with Crippen molar-refractivity contribution in [3.63, 3.8) is 0 Å². The number of furan rings is 1. The molecule has 0 atom stereocenters. The van der Waals surface area contributed by atoms with Gasteiger partial charge >= 0.3 is 0 Å². The topological polar surface area (TPSA) is 68.3 Å². The molecule has 0 saturated carbocycles. The van der Waals surface area contributed by atoms with Crippen molar-refractivity contribution in [2.45, 2.75) is 19.4 Å². The van der Waals surface area contributed by atoms with Crippen LogP contribution in [0.2, 0.25) is 0 Å². The maximum absolute atomic E-state index is 11.6. The Hall–Kier alpha value is -2.23. The third-order valence-corrected chi connectivity index (χ3v) is 2.75. The molecule has 3 N–H and O–H groups in total. The second-order valence-electron chi connectivity index (χ2n) is 4.11. The van der Waals surface area contributed by atoms with Crippen LogP contribution in [0.25, 0.3) is 0 Å². The van der Waals surface area contributed by atoms with Gasteiger partial charge in [-0.15, -0.1) is 0 Å². The Morgan fingerprint density at radius 3 is 2.83 bits per heavy atom. The number of anilines is 1. The molecule has 0 spiro atoms. The van der Waals surface area contributed by atoms with Crippen LogP contribution in [0.4, 0.5) is 5.69 Å². The lowest BCUT2D eigenvalue weighted by atomic mass is 10.1. The highest BCUT2D eigenvalue weighted by atomic mass is 16.3. The van der Waals surface area contributed by atoms with Crippen molar-refractivity contribution < 1.29 is 9.21 Å². The molecular formula is C14H16N2O2. The van der Waals surface area contributed by atoms with Crippen LogP contribution in [-0.4, -0.2) is 5.91 Å². The summed E-state index contributed by atoms with van der Waals surface area (Å²) in [6.45, 7) is 0.500. The zero-order valence-corrected chi connectivity index (χ0v) is 10.1. The van der Waals surface area contributed by atoms with Crippen molar-refractivity contribution in [3.05, 3.63) is 54.0 Å². The Bertz CT molecular complexity index is 506. The minimum absolute atomic E-state index is 0.0134. The molecule has 1 amide bonds. The third kappa shape index (κ3) is 3.38. The van der Waals surface area contributed by atoms with Crippen molar-refractivity contribution >= 4 is 11.6 Å². The minimum Gasteiger partial charge on any atom is -0.472 e. The summed E-state index contributed by atoms with van der Waals surface area (Å²) in [5.74, 6) is 0.0134. The van der Waals surface area contributed by atoms with Crippen LogP contribution in [0.15, 0.2) is 47.3 Å². The molecule has 4 nitrogen and oxygen atoms in total. The first kappa shape index (κ1) is 12.2. The molecule has 0 fully saturated rings. The summed E-state index contributed by atoms with van der Waals surface area (Å²) in [4.78, 5) is 11.6. The van der Waals surface area contributed by atoms with Gasteiger partial charge in [-0.1, -0.05) is 18.2 Å². The lowest BCUT2D eigenvalue weighted by Crippen LogP contribution is -2.22. The number of nitrogens with one attached hydrogen (secondary N) is 1. The fourth-order valence-electron chi connectivity index (χ4n) is 1.69. The van der Waals surface area contributed by atoms with E-state index in [0.29, 0.717) is 19.4 Å². The van der Waals surface area contributed by atoms with Crippen LogP contribution in [-0.2, 0) is 17.8 Å². The van der Waals surface area contributed by atoms with Crippen molar-refractivity contribution in [1.82, 2.24) is 5.32 Å². The molecule has 1 aromatic carbocycles. The number of benzene rings is 1. The number of rotatable bonds is 5. The van der Waals surface area contributed by atoms with Gasteiger partial charge < -0.3 is 15.5 Å². The smallest absolute Gasteiger partial charge is 0.220 e. The average molecular weight is 244 g/mol. The van der Waals surface area contributed by atoms with Crippen LogP contribution in [0, 0.1) is 0 Å². The lowest BCUT2D eigenvalue weighted by molar-refractivity contribution is -0.121. The zero-order chi connectivity index (χ0) is 12.8. The summed E-state index contributed by atoms with van der Waals surface area (Å²) in [5, 5.41) is 2.84. The Morgan fingerprint density at radius 2 is 2.11 bits per heavy atom. The molecule has 0 radical (unpaired) electrons. The molecule has 0 saturated heterocycles. The summed E-state index contributed by atoms with van der Waals surface area (Å²) < 4.78 is 4.92. The Labute approximate surface area is 106 Å². The molecule has 0 bridgehead atoms. The quantitative estimate of drug-likeness (QED) is 0.791. The predicted octanol–water partition coefficient (Wildman–Crippen LogP) is 2.11. The summed E-state index contributed by atoms with van der Waals surface area (Å²) >= 11 is 0. The molecule has 1 heterocycles. The second-order valence-corrected chi connectivity index (χ2v) is 4.11. The van der Waals surface area contributed by atoms with Crippen LogP contribution < -0.4 is 11.1 Å². The van der Waals surface area contributed by atoms with Crippen molar-refractivity contribution in [1.29, 1.82) is 0 Å². The van der Waals surface area contributed by atoms with E-state index in [1.807, 2.05) is 30.3 Å². The van der Waals surface area contributed by atoms with E-state index >= 15 is 0 Å². The van der Waals surface area contributed by atoms with Gasteiger partial charge in [-0.2, -0.15) is 0 Å². The highest BCUT2D eigenvalue weighted by molar-refractivity contribution is 5.76. The van der Waals surface area contributed by atoms with Gasteiger partial charge in [0, 0.05) is 24.2 Å². The van der Waals surface area contributed by atoms with Crippen molar-refractivity contribution in [2.24, 2.45) is 0 Å². The van der Waals surface area contributed by atoms with Gasteiger partial charge in [0.15, 0.2) is 0 Å². The molecule has 2 aromatic rings. The molecule has 18 heavy (non-hydrogen) atoms. The van der Waals surface area contributed by atoms with Gasteiger partial charge in [0.05, 0.1) is 12.5 Å². The maximum atomic E-state index is 11.6. The van der Waals surface area contributed by atoms with Gasteiger partial charge in [-0.05, 0) is 24.1 Å². The summed E-state index contributed by atoms with van der Waals surface area (Å²) in [6, 6.07) is 9.43. The number of carbonyl (C=O) groups excluding carboxylic acids is 1. The molecule has 0 aliphatic rings. The number of para-hydroxylation sites is 1. The standard InChI is InChI=1S/C14H16N2O2/c15-13-4-2-1-3-12(13)5-6-14(17)16-9-11-7-8-18-10-11/h1-4,7-8,10H,5-6,9,15H2,(H,16,17). The van der Waals surface area contributed by atoms with Crippen LogP contribution in [0.5, 0.6) is 0 Å². The summed E-state index contributed by atoms with van der Waals surface area (Å²) in [5.41, 5.74) is 8.52. The van der Waals surface area contributed by atoms with Gasteiger partial charge in [0.25, 0.3) is 0 Å². The highest BCUT2D eigenvalue weighted by Crippen LogP contribution is 2.12. The van der Waals surface area contributed by atoms with Crippen molar-refractivity contribution in [3.8, 4) is 0 Å². The monoisotopic (exact) mass is 244 g/mol. The van der Waals surface area contributed by atoms with E-state index in [4.69, 9.17) is 10.2 Å². The predicted molar refractivity (Wildman–Crippen MR) is 69.7 cm³/mol. The Balaban J connectivity index is 1.77. The van der Waals surface area contributed by atoms with E-state index in [2.05, 4.69) is 5.32 Å². The van der Waals surface area contributed by atoms with E-state index in [1.54, 1.807) is 12.5 Å². The largest absolute Gasteiger partial charge is 0.472 e. The molecule has 4 heteroatoms. The number of nitrogen functional groups attached to an aromatic ring is 1. The molecular weight excluding hydrogens is 228 g/mol. The number of amides is 1. The lowest BCUT2D eigenvalue weighted by Gasteiger charge is -2.06. The van der Waals surface area contributed by atoms with Gasteiger partial charge in [-0.25, -0.2) is 0 Å². The normalized spacial score (nSPS) is 10.2. The molecule has 0 aliphatic carbocycles. The minimum atomic E-state index is 0.0134. The molecule has 0 unspecified atom stereocenters. The fraction of sp³-hybridized carbons (Fsp3) is 0.214. The third-order valence-electron chi connectivity index (χ3n) is 2.75. The molecule has 2 rings (SSSR count). The van der Waals surface area contributed by atoms with E-state index in [1.165, 1.54) is 0 Å². The molecule has 1 aromatic heterocycles. The number of hydrogen-bond donors (Lipinski definition) is 2. The highest BCUT2D eigenvalue weighted by Gasteiger charge is 2.04. The molecule has 94 valence electrons. The van der Waals surface area contributed by atoms with Crippen LogP contribution in [0.1, 0.15) is 17.5 Å². The second kappa shape index (κ2) is 5.91. The van der Waals surface area contributed by atoms with E-state index < -0.39 is 0 Å². The van der Waals surface area contributed by atoms with E-state index in [0.717, 1.165) is 16.8 Å². The number of hydrogen-bond acceptors (Lipinski definition) is 3. The number of nitrogens with two attached hydrogens (primary N) is 1. The summed E-state index contributed by atoms with van der Waals surface area (Å²) in [7, 11) is 0. The molecule has 0 aliphatic heterocycles. The van der Waals surface area contributed by atoms with E-state index in [9.17, 15) is 4.79 Å². The van der Waals surface area contributed by atoms with Crippen molar-refractivity contribution in [2.75, 3.05) is 5.73 Å². The number of carbonyl (C=O) groups is 1. The first-order valence-corrected chi connectivity index (χ1v) is 5.87. The fourth-order valence-corrected chi connectivity index (χ4v) is 1.69. The van der Waals surface area contributed by atoms with Gasteiger partial charge in [0.2, 0.25) is 5.91 Å². The SMILES string of the molecule is Nc1ccccc1CCC(=O)NCc1ccoc1. The van der Waals surface area contributed by atoms with Gasteiger partial charge in [0.1, 0.15) is 0 Å². The van der Waals surface area contributed by atoms with Crippen LogP contribution >= 0.6 is 0 Å². The Morgan fingerprint density at radius 1 is 1.28 bits per heavy atom. The average Bonchev–Trinajstić information content (AvgIpc) is 2.88. The van der Waals surface area contributed by atoms with Crippen LogP contribution in [0.3, 0.4) is 0 Å². The first-order chi connectivity index (χ1) is 8.75. The number of aryl methyl sites for hydroxylation is 1. The first-order valence-electron chi connectivity index (χ1n) is 5.87. The summed E-state index contributed by atoms with van der Waals surface area (Å²) in [6.07, 6.45) is 4.30. The maximum Gasteiger partial charge on any atom is 0.220 e. The zero-order valence-electron chi connectivity index (χ0n) is 10.1.